The monoisotopic (exact) mass is 283 g/mol. The quantitative estimate of drug-likeness (QED) is 0.776. The zero-order valence-corrected chi connectivity index (χ0v) is 11.8. The van der Waals surface area contributed by atoms with Crippen molar-refractivity contribution in [2.45, 2.75) is 26.3 Å². The summed E-state index contributed by atoms with van der Waals surface area (Å²) in [7, 11) is 0. The largest absolute Gasteiger partial charge is 0.354 e. The smallest absolute Gasteiger partial charge is 0.319 e. The molecule has 0 spiro atoms. The molecular weight excluding hydrogens is 266 g/mol. The first-order valence-electron chi connectivity index (χ1n) is 6.07. The van der Waals surface area contributed by atoms with E-state index < -0.39 is 0 Å². The molecule has 1 aromatic rings. The van der Waals surface area contributed by atoms with Crippen LogP contribution >= 0.6 is 11.6 Å². The van der Waals surface area contributed by atoms with Crippen LogP contribution in [0, 0.1) is 0 Å². The fourth-order valence-corrected chi connectivity index (χ4v) is 1.62. The fourth-order valence-electron chi connectivity index (χ4n) is 1.43. The van der Waals surface area contributed by atoms with Gasteiger partial charge in [0.1, 0.15) is 0 Å². The first-order chi connectivity index (χ1) is 8.97. The number of amides is 3. The lowest BCUT2D eigenvalue weighted by molar-refractivity contribution is -0.121. The van der Waals surface area contributed by atoms with Crippen LogP contribution in [0.1, 0.15) is 20.3 Å². The lowest BCUT2D eigenvalue weighted by atomic mass is 10.3. The number of anilines is 1. The van der Waals surface area contributed by atoms with Crippen molar-refractivity contribution in [2.24, 2.45) is 0 Å². The Kier molecular flexibility index (Phi) is 6.15. The molecule has 0 fully saturated rings. The normalized spacial score (nSPS) is 10.1. The van der Waals surface area contributed by atoms with Gasteiger partial charge in [-0.05, 0) is 32.0 Å². The average Bonchev–Trinajstić information content (AvgIpc) is 2.27. The minimum atomic E-state index is -0.361. The van der Waals surface area contributed by atoms with Crippen molar-refractivity contribution in [1.82, 2.24) is 10.6 Å². The van der Waals surface area contributed by atoms with E-state index in [1.165, 1.54) is 0 Å². The third kappa shape index (κ3) is 6.67. The molecule has 0 unspecified atom stereocenters. The number of hydrogen-bond acceptors (Lipinski definition) is 2. The Labute approximate surface area is 117 Å². The Morgan fingerprint density at radius 1 is 1.32 bits per heavy atom. The Morgan fingerprint density at radius 2 is 2.05 bits per heavy atom. The van der Waals surface area contributed by atoms with Gasteiger partial charge in [-0.3, -0.25) is 4.79 Å². The second-order valence-corrected chi connectivity index (χ2v) is 4.80. The molecule has 0 bridgehead atoms. The minimum absolute atomic E-state index is 0.0851. The molecule has 0 aliphatic heterocycles. The van der Waals surface area contributed by atoms with Gasteiger partial charge in [0.15, 0.2) is 0 Å². The van der Waals surface area contributed by atoms with E-state index in [1.54, 1.807) is 24.3 Å². The molecule has 3 amide bonds. The molecule has 0 atom stereocenters. The summed E-state index contributed by atoms with van der Waals surface area (Å²) in [6, 6.07) is 6.59. The summed E-state index contributed by atoms with van der Waals surface area (Å²) in [4.78, 5) is 22.9. The number of halogens is 1. The van der Waals surface area contributed by atoms with E-state index in [0.29, 0.717) is 10.7 Å². The number of hydrogen-bond donors (Lipinski definition) is 3. The van der Waals surface area contributed by atoms with E-state index in [4.69, 9.17) is 11.6 Å². The number of urea groups is 1. The summed E-state index contributed by atoms with van der Waals surface area (Å²) in [5.41, 5.74) is 0.608. The summed E-state index contributed by atoms with van der Waals surface area (Å²) in [5.74, 6) is -0.0851. The van der Waals surface area contributed by atoms with Crippen molar-refractivity contribution in [3.05, 3.63) is 29.3 Å². The summed E-state index contributed by atoms with van der Waals surface area (Å²) in [5, 5.41) is 8.53. The van der Waals surface area contributed by atoms with Crippen molar-refractivity contribution in [2.75, 3.05) is 11.9 Å². The van der Waals surface area contributed by atoms with Gasteiger partial charge >= 0.3 is 6.03 Å². The van der Waals surface area contributed by atoms with Crippen LogP contribution in [0.3, 0.4) is 0 Å². The molecule has 1 aromatic carbocycles. The van der Waals surface area contributed by atoms with Crippen molar-refractivity contribution < 1.29 is 9.59 Å². The van der Waals surface area contributed by atoms with E-state index in [1.807, 2.05) is 13.8 Å². The van der Waals surface area contributed by atoms with Crippen LogP contribution in [0.5, 0.6) is 0 Å². The molecule has 0 saturated carbocycles. The van der Waals surface area contributed by atoms with Gasteiger partial charge in [-0.2, -0.15) is 0 Å². The third-order valence-electron chi connectivity index (χ3n) is 2.17. The highest BCUT2D eigenvalue weighted by molar-refractivity contribution is 6.30. The molecule has 0 radical (unpaired) electrons. The Bertz CT molecular complexity index is 449. The predicted molar refractivity (Wildman–Crippen MR) is 76.4 cm³/mol. The molecule has 6 heteroatoms. The number of carbonyl (C=O) groups excluding carboxylic acids is 2. The highest BCUT2D eigenvalue weighted by Gasteiger charge is 2.05. The van der Waals surface area contributed by atoms with Crippen LogP contribution in [0.4, 0.5) is 10.5 Å². The standard InChI is InChI=1S/C13H18ClN3O2/c1-9(2)16-12(18)6-7-15-13(19)17-11-5-3-4-10(14)8-11/h3-5,8-9H,6-7H2,1-2H3,(H,16,18)(H2,15,17,19). The van der Waals surface area contributed by atoms with Gasteiger partial charge in [-0.25, -0.2) is 4.79 Å². The molecule has 0 aromatic heterocycles. The van der Waals surface area contributed by atoms with E-state index in [-0.39, 0.29) is 30.9 Å². The highest BCUT2D eigenvalue weighted by atomic mass is 35.5. The third-order valence-corrected chi connectivity index (χ3v) is 2.40. The molecule has 1 rings (SSSR count). The topological polar surface area (TPSA) is 70.2 Å². The molecule has 5 nitrogen and oxygen atoms in total. The maximum Gasteiger partial charge on any atom is 0.319 e. The molecule has 0 aliphatic carbocycles. The SMILES string of the molecule is CC(C)NC(=O)CCNC(=O)Nc1cccc(Cl)c1. The summed E-state index contributed by atoms with van der Waals surface area (Å²) in [6.45, 7) is 4.05. The molecule has 0 heterocycles. The zero-order valence-electron chi connectivity index (χ0n) is 11.0. The van der Waals surface area contributed by atoms with Crippen molar-refractivity contribution in [3.63, 3.8) is 0 Å². The van der Waals surface area contributed by atoms with Gasteiger partial charge in [0.2, 0.25) is 5.91 Å². The van der Waals surface area contributed by atoms with Crippen LogP contribution in [-0.4, -0.2) is 24.5 Å². The maximum absolute atomic E-state index is 11.5. The number of nitrogens with one attached hydrogen (secondary N) is 3. The van der Waals surface area contributed by atoms with Crippen LogP contribution in [0.2, 0.25) is 5.02 Å². The first-order valence-corrected chi connectivity index (χ1v) is 6.45. The molecule has 0 aliphatic rings. The van der Waals surface area contributed by atoms with Gasteiger partial charge in [0, 0.05) is 29.7 Å². The van der Waals surface area contributed by atoms with Crippen LogP contribution in [0.15, 0.2) is 24.3 Å². The van der Waals surface area contributed by atoms with Gasteiger partial charge in [0.05, 0.1) is 0 Å². The summed E-state index contributed by atoms with van der Waals surface area (Å²) >= 11 is 5.80. The van der Waals surface area contributed by atoms with E-state index in [9.17, 15) is 9.59 Å². The predicted octanol–water partition coefficient (Wildman–Crippen LogP) is 2.38. The van der Waals surface area contributed by atoms with Gasteiger partial charge < -0.3 is 16.0 Å². The van der Waals surface area contributed by atoms with Crippen LogP contribution < -0.4 is 16.0 Å². The highest BCUT2D eigenvalue weighted by Crippen LogP contribution is 2.14. The van der Waals surface area contributed by atoms with Crippen LogP contribution in [0.25, 0.3) is 0 Å². The second-order valence-electron chi connectivity index (χ2n) is 4.36. The Morgan fingerprint density at radius 3 is 2.68 bits per heavy atom. The zero-order chi connectivity index (χ0) is 14.3. The van der Waals surface area contributed by atoms with E-state index in [2.05, 4.69) is 16.0 Å². The Balaban J connectivity index is 2.27. The summed E-state index contributed by atoms with van der Waals surface area (Å²) in [6.07, 6.45) is 0.251. The van der Waals surface area contributed by atoms with E-state index >= 15 is 0 Å². The van der Waals surface area contributed by atoms with Crippen molar-refractivity contribution >= 4 is 29.2 Å². The minimum Gasteiger partial charge on any atom is -0.354 e. The molecular formula is C13H18ClN3O2. The summed E-state index contributed by atoms with van der Waals surface area (Å²) < 4.78 is 0. The second kappa shape index (κ2) is 7.63. The average molecular weight is 284 g/mol. The number of rotatable bonds is 5. The molecule has 0 saturated heterocycles. The van der Waals surface area contributed by atoms with Crippen molar-refractivity contribution in [3.8, 4) is 0 Å². The molecule has 3 N–H and O–H groups in total. The fraction of sp³-hybridized carbons (Fsp3) is 0.385. The number of benzene rings is 1. The lowest BCUT2D eigenvalue weighted by Gasteiger charge is -2.09. The maximum atomic E-state index is 11.5. The van der Waals surface area contributed by atoms with Gasteiger partial charge in [0.25, 0.3) is 0 Å². The number of carbonyl (C=O) groups is 2. The molecule has 19 heavy (non-hydrogen) atoms. The lowest BCUT2D eigenvalue weighted by Crippen LogP contribution is -2.35. The molecule has 104 valence electrons. The van der Waals surface area contributed by atoms with E-state index in [0.717, 1.165) is 0 Å². The van der Waals surface area contributed by atoms with Gasteiger partial charge in [-0.15, -0.1) is 0 Å². The van der Waals surface area contributed by atoms with Crippen molar-refractivity contribution in [1.29, 1.82) is 0 Å². The Hall–Kier alpha value is -1.75. The van der Waals surface area contributed by atoms with Gasteiger partial charge in [-0.1, -0.05) is 17.7 Å². The van der Waals surface area contributed by atoms with Crippen LogP contribution in [-0.2, 0) is 4.79 Å². The first kappa shape index (κ1) is 15.3.